The van der Waals surface area contributed by atoms with Gasteiger partial charge in [-0.15, -0.1) is 11.6 Å². The van der Waals surface area contributed by atoms with Gasteiger partial charge in [-0.05, 0) is 28.4 Å². The van der Waals surface area contributed by atoms with E-state index in [1.165, 1.54) is 6.07 Å². The number of rotatable bonds is 6. The summed E-state index contributed by atoms with van der Waals surface area (Å²) in [5.74, 6) is 0.974. The summed E-state index contributed by atoms with van der Waals surface area (Å²) in [7, 11) is -0.853. The van der Waals surface area contributed by atoms with Crippen LogP contribution in [0.2, 0.25) is 0 Å². The molecule has 2 rings (SSSR count). The van der Waals surface area contributed by atoms with Crippen molar-refractivity contribution in [3.05, 3.63) is 28.2 Å². The lowest BCUT2D eigenvalue weighted by Gasteiger charge is -2.12. The fourth-order valence-electron chi connectivity index (χ4n) is 2.17. The Kier molecular flexibility index (Phi) is 5.80. The Hall–Kier alpha value is -0.460. The maximum absolute atomic E-state index is 13.6. The molecule has 2 aromatic rings. The van der Waals surface area contributed by atoms with Gasteiger partial charge in [-0.1, -0.05) is 6.92 Å². The van der Waals surface area contributed by atoms with Crippen molar-refractivity contribution in [1.29, 1.82) is 0 Å². The molecule has 1 aromatic heterocycles. The number of hydrogen-bond donors (Lipinski definition) is 0. The number of imidazole rings is 1. The SMILES string of the molecule is CC(CCn1c(CCCl)nc2cc(F)c(Br)cc21)S(C)=O. The summed E-state index contributed by atoms with van der Waals surface area (Å²) in [5.41, 5.74) is 1.50. The van der Waals surface area contributed by atoms with Crippen molar-refractivity contribution in [3.63, 3.8) is 0 Å². The Morgan fingerprint density at radius 2 is 2.24 bits per heavy atom. The fourth-order valence-corrected chi connectivity index (χ4v) is 3.11. The van der Waals surface area contributed by atoms with Crippen LogP contribution in [0.3, 0.4) is 0 Å². The van der Waals surface area contributed by atoms with Crippen LogP contribution in [0.25, 0.3) is 11.0 Å². The highest BCUT2D eigenvalue weighted by atomic mass is 79.9. The van der Waals surface area contributed by atoms with Crippen molar-refractivity contribution < 1.29 is 8.60 Å². The van der Waals surface area contributed by atoms with Crippen LogP contribution in [0.4, 0.5) is 4.39 Å². The zero-order valence-corrected chi connectivity index (χ0v) is 15.1. The Morgan fingerprint density at radius 3 is 2.86 bits per heavy atom. The third-order valence-electron chi connectivity index (χ3n) is 3.51. The molecule has 0 spiro atoms. The van der Waals surface area contributed by atoms with Gasteiger partial charge in [-0.3, -0.25) is 4.21 Å². The standard InChI is InChI=1S/C14H17BrClFN2OS/c1-9(21(2)20)4-6-19-13-7-10(15)11(17)8-12(13)18-14(19)3-5-16/h7-9H,3-6H2,1-2H3. The summed E-state index contributed by atoms with van der Waals surface area (Å²) in [6.45, 7) is 2.66. The molecule has 0 radical (unpaired) electrons. The van der Waals surface area contributed by atoms with Gasteiger partial charge < -0.3 is 4.57 Å². The van der Waals surface area contributed by atoms with Crippen LogP contribution in [-0.2, 0) is 23.8 Å². The van der Waals surface area contributed by atoms with Crippen molar-refractivity contribution in [2.24, 2.45) is 0 Å². The summed E-state index contributed by atoms with van der Waals surface area (Å²) < 4.78 is 27.6. The molecule has 0 saturated carbocycles. The van der Waals surface area contributed by atoms with Gasteiger partial charge in [-0.25, -0.2) is 9.37 Å². The molecule has 1 aromatic carbocycles. The largest absolute Gasteiger partial charge is 0.328 e. The number of fused-ring (bicyclic) bond motifs is 1. The number of halogens is 3. The van der Waals surface area contributed by atoms with E-state index in [0.717, 1.165) is 17.8 Å². The van der Waals surface area contributed by atoms with E-state index in [1.807, 2.05) is 11.5 Å². The van der Waals surface area contributed by atoms with Crippen molar-refractivity contribution in [2.45, 2.75) is 31.6 Å². The fraction of sp³-hybridized carbons (Fsp3) is 0.500. The van der Waals surface area contributed by atoms with Crippen LogP contribution in [0.15, 0.2) is 16.6 Å². The highest BCUT2D eigenvalue weighted by molar-refractivity contribution is 9.10. The average molecular weight is 396 g/mol. The Bertz CT molecular complexity index is 677. The van der Waals surface area contributed by atoms with Crippen molar-refractivity contribution in [2.75, 3.05) is 12.1 Å². The molecule has 7 heteroatoms. The zero-order chi connectivity index (χ0) is 15.6. The third-order valence-corrected chi connectivity index (χ3v) is 5.68. The maximum Gasteiger partial charge on any atom is 0.139 e. The monoisotopic (exact) mass is 394 g/mol. The molecule has 0 fully saturated rings. The molecular formula is C14H17BrClFN2OS. The minimum absolute atomic E-state index is 0.107. The lowest BCUT2D eigenvalue weighted by molar-refractivity contribution is 0.610. The third kappa shape index (κ3) is 3.85. The molecule has 21 heavy (non-hydrogen) atoms. The van der Waals surface area contributed by atoms with E-state index >= 15 is 0 Å². The summed E-state index contributed by atoms with van der Waals surface area (Å²) in [5, 5.41) is 0.107. The van der Waals surface area contributed by atoms with Gasteiger partial charge in [0.15, 0.2) is 0 Å². The summed E-state index contributed by atoms with van der Waals surface area (Å²) >= 11 is 9.04. The quantitative estimate of drug-likeness (QED) is 0.696. The number of hydrogen-bond acceptors (Lipinski definition) is 2. The van der Waals surface area contributed by atoms with Gasteiger partial charge in [0.1, 0.15) is 11.6 Å². The van der Waals surface area contributed by atoms with Gasteiger partial charge in [-0.2, -0.15) is 0 Å². The lowest BCUT2D eigenvalue weighted by atomic mass is 10.3. The van der Waals surface area contributed by atoms with Crippen molar-refractivity contribution in [3.8, 4) is 0 Å². The van der Waals surface area contributed by atoms with Crippen LogP contribution in [0.1, 0.15) is 19.2 Å². The predicted octanol–water partition coefficient (Wildman–Crippen LogP) is 3.88. The second-order valence-electron chi connectivity index (χ2n) is 4.97. The highest BCUT2D eigenvalue weighted by Crippen LogP contribution is 2.25. The van der Waals surface area contributed by atoms with Crippen LogP contribution >= 0.6 is 27.5 Å². The molecule has 2 unspecified atom stereocenters. The molecule has 0 saturated heterocycles. The number of aromatic nitrogens is 2. The van der Waals surface area contributed by atoms with Gasteiger partial charge >= 0.3 is 0 Å². The first kappa shape index (κ1) is 16.9. The first-order valence-corrected chi connectivity index (χ1v) is 9.61. The zero-order valence-electron chi connectivity index (χ0n) is 11.9. The molecule has 0 aliphatic heterocycles. The second-order valence-corrected chi connectivity index (χ2v) is 8.01. The van der Waals surface area contributed by atoms with Crippen LogP contribution in [0.5, 0.6) is 0 Å². The molecule has 2 atom stereocenters. The van der Waals surface area contributed by atoms with Crippen LogP contribution in [0, 0.1) is 5.82 Å². The number of nitrogens with zero attached hydrogens (tertiary/aromatic N) is 2. The Morgan fingerprint density at radius 1 is 1.52 bits per heavy atom. The summed E-state index contributed by atoms with van der Waals surface area (Å²) in [6.07, 6.45) is 3.11. The highest BCUT2D eigenvalue weighted by Gasteiger charge is 2.15. The Balaban J connectivity index is 2.40. The second kappa shape index (κ2) is 7.20. The molecule has 116 valence electrons. The van der Waals surface area contributed by atoms with Crippen molar-refractivity contribution >= 4 is 49.4 Å². The minimum Gasteiger partial charge on any atom is -0.328 e. The predicted molar refractivity (Wildman–Crippen MR) is 90.0 cm³/mol. The molecular weight excluding hydrogens is 379 g/mol. The molecule has 3 nitrogen and oxygen atoms in total. The van der Waals surface area contributed by atoms with Crippen molar-refractivity contribution in [1.82, 2.24) is 9.55 Å². The van der Waals surface area contributed by atoms with E-state index in [-0.39, 0.29) is 11.1 Å². The molecule has 0 N–H and O–H groups in total. The smallest absolute Gasteiger partial charge is 0.139 e. The van der Waals surface area contributed by atoms with E-state index in [0.29, 0.717) is 28.8 Å². The first-order chi connectivity index (χ1) is 9.93. The number of benzene rings is 1. The van der Waals surface area contributed by atoms with Gasteiger partial charge in [0.2, 0.25) is 0 Å². The molecule has 0 aliphatic rings. The van der Waals surface area contributed by atoms with Crippen LogP contribution < -0.4 is 0 Å². The van der Waals surface area contributed by atoms with Gasteiger partial charge in [0.25, 0.3) is 0 Å². The number of aryl methyl sites for hydroxylation is 2. The molecule has 1 heterocycles. The summed E-state index contributed by atoms with van der Waals surface area (Å²) in [6, 6.07) is 3.16. The van der Waals surface area contributed by atoms with E-state index in [4.69, 9.17) is 11.6 Å². The minimum atomic E-state index is -0.853. The Labute approximate surface area is 139 Å². The normalized spacial score (nSPS) is 14.5. The van der Waals surface area contributed by atoms with Crippen LogP contribution in [-0.4, -0.2) is 31.1 Å². The van der Waals surface area contributed by atoms with E-state index in [1.54, 1.807) is 12.3 Å². The molecule has 0 aliphatic carbocycles. The van der Waals surface area contributed by atoms with E-state index in [2.05, 4.69) is 20.9 Å². The molecule has 0 bridgehead atoms. The van der Waals surface area contributed by atoms with Gasteiger partial charge in [0, 0.05) is 47.2 Å². The average Bonchev–Trinajstić information content (AvgIpc) is 2.74. The van der Waals surface area contributed by atoms with Gasteiger partial charge in [0.05, 0.1) is 15.5 Å². The number of alkyl halides is 1. The summed E-state index contributed by atoms with van der Waals surface area (Å²) in [4.78, 5) is 4.47. The molecule has 0 amide bonds. The van der Waals surface area contributed by atoms with E-state index in [9.17, 15) is 8.60 Å². The lowest BCUT2D eigenvalue weighted by Crippen LogP contribution is -2.14. The topological polar surface area (TPSA) is 34.9 Å². The first-order valence-electron chi connectivity index (χ1n) is 6.66. The van der Waals surface area contributed by atoms with E-state index < -0.39 is 10.8 Å². The maximum atomic E-state index is 13.6.